The van der Waals surface area contributed by atoms with E-state index < -0.39 is 6.10 Å². The fourth-order valence-corrected chi connectivity index (χ4v) is 5.98. The summed E-state index contributed by atoms with van der Waals surface area (Å²) in [6.07, 6.45) is 2.24. The molecule has 1 aliphatic heterocycles. The van der Waals surface area contributed by atoms with Gasteiger partial charge < -0.3 is 4.74 Å². The quantitative estimate of drug-likeness (QED) is 0.348. The first kappa shape index (κ1) is 30.5. The second kappa shape index (κ2) is 12.2. The molecule has 2 atom stereocenters. The third kappa shape index (κ3) is 4.89. The molecule has 0 spiro atoms. The predicted molar refractivity (Wildman–Crippen MR) is 157 cm³/mol. The molecule has 2 aromatic rings. The molecule has 0 aromatic heterocycles. The number of halogens is 3. The highest BCUT2D eigenvalue weighted by molar-refractivity contribution is 6.45. The number of ether oxygens (including phenoxy) is 1. The van der Waals surface area contributed by atoms with Crippen LogP contribution in [0.1, 0.15) is 87.4 Å². The monoisotopic (exact) mass is 548 g/mol. The van der Waals surface area contributed by atoms with Crippen LogP contribution in [-0.2, 0) is 11.2 Å². The lowest BCUT2D eigenvalue weighted by molar-refractivity contribution is -0.121. The molecular weight excluding hydrogens is 511 g/mol. The van der Waals surface area contributed by atoms with Gasteiger partial charge >= 0.3 is 0 Å². The van der Waals surface area contributed by atoms with E-state index in [1.165, 1.54) is 5.56 Å². The smallest absolute Gasteiger partial charge is 0.165 e. The van der Waals surface area contributed by atoms with E-state index in [0.29, 0.717) is 27.1 Å². The molecule has 4 rings (SSSR count). The number of allylic oxidation sites excluding steroid dienone is 1. The lowest BCUT2D eigenvalue weighted by Crippen LogP contribution is -2.39. The number of rotatable bonds is 2. The third-order valence-electron chi connectivity index (χ3n) is 7.09. The summed E-state index contributed by atoms with van der Waals surface area (Å²) in [7, 11) is 0. The third-order valence-corrected chi connectivity index (χ3v) is 8.49. The molecule has 196 valence electrons. The van der Waals surface area contributed by atoms with Gasteiger partial charge in [0.2, 0.25) is 0 Å². The second-order valence-electron chi connectivity index (χ2n) is 8.94. The van der Waals surface area contributed by atoms with Gasteiger partial charge in [0.05, 0.1) is 16.0 Å². The lowest BCUT2D eigenvalue weighted by atomic mass is 9.75. The van der Waals surface area contributed by atoms with Gasteiger partial charge in [0.25, 0.3) is 0 Å². The highest BCUT2D eigenvalue weighted by atomic mass is 35.5. The molecule has 0 saturated heterocycles. The van der Waals surface area contributed by atoms with E-state index in [1.54, 1.807) is 0 Å². The lowest BCUT2D eigenvalue weighted by Gasteiger charge is -2.38. The van der Waals surface area contributed by atoms with Crippen molar-refractivity contribution in [2.24, 2.45) is 5.92 Å². The van der Waals surface area contributed by atoms with E-state index in [1.807, 2.05) is 61.5 Å². The Morgan fingerprint density at radius 2 is 1.44 bits per heavy atom. The number of Topliss-reactive ketones (excluding diaryl/α,β-unsaturated/α-hetero) is 1. The normalized spacial score (nSPS) is 18.2. The summed E-state index contributed by atoms with van der Waals surface area (Å²) >= 11 is 20.5. The number of fused-ring (bicyclic) bond motifs is 2. The summed E-state index contributed by atoms with van der Waals surface area (Å²) in [5.41, 5.74) is 9.54. The van der Waals surface area contributed by atoms with Gasteiger partial charge in [-0.15, -0.1) is 0 Å². The average molecular weight is 550 g/mol. The van der Waals surface area contributed by atoms with Gasteiger partial charge in [-0.1, -0.05) is 76.3 Å². The summed E-state index contributed by atoms with van der Waals surface area (Å²) in [6, 6.07) is 2.14. The van der Waals surface area contributed by atoms with Crippen LogP contribution in [0.4, 0.5) is 0 Å². The SMILES string of the molecule is CC.CC.CCc1c(Cl)c(C)c(C2=C3C=C(C)C(=O)C(C)C3Oc3c2cc(C)c(C)c3C)c(Cl)c1Cl. The van der Waals surface area contributed by atoms with Crippen LogP contribution >= 0.6 is 34.8 Å². The molecule has 0 radical (unpaired) electrons. The average Bonchev–Trinajstić information content (AvgIpc) is 2.88. The van der Waals surface area contributed by atoms with E-state index in [4.69, 9.17) is 39.5 Å². The summed E-state index contributed by atoms with van der Waals surface area (Å²) in [6.45, 7) is 22.0. The van der Waals surface area contributed by atoms with Crippen LogP contribution in [-0.4, -0.2) is 11.9 Å². The fourth-order valence-electron chi connectivity index (χ4n) is 4.94. The van der Waals surface area contributed by atoms with E-state index in [9.17, 15) is 4.79 Å². The molecule has 0 saturated carbocycles. The minimum Gasteiger partial charge on any atom is -0.484 e. The molecule has 1 aliphatic carbocycles. The van der Waals surface area contributed by atoms with Gasteiger partial charge in [-0.2, -0.15) is 0 Å². The van der Waals surface area contributed by atoms with Crippen LogP contribution in [0.25, 0.3) is 5.57 Å². The molecular formula is C31H39Cl3O2. The van der Waals surface area contributed by atoms with Crippen LogP contribution in [0.2, 0.25) is 15.1 Å². The summed E-state index contributed by atoms with van der Waals surface area (Å²) in [5.74, 6) is 0.592. The fraction of sp³-hybridized carbons (Fsp3) is 0.452. The van der Waals surface area contributed by atoms with E-state index >= 15 is 0 Å². The molecule has 0 fully saturated rings. The van der Waals surface area contributed by atoms with Crippen molar-refractivity contribution < 1.29 is 9.53 Å². The van der Waals surface area contributed by atoms with Crippen LogP contribution in [0.3, 0.4) is 0 Å². The maximum Gasteiger partial charge on any atom is 0.165 e. The topological polar surface area (TPSA) is 26.3 Å². The van der Waals surface area contributed by atoms with Gasteiger partial charge in [0.1, 0.15) is 11.9 Å². The maximum absolute atomic E-state index is 12.8. The molecule has 5 heteroatoms. The zero-order valence-corrected chi connectivity index (χ0v) is 25.7. The number of aryl methyl sites for hydroxylation is 1. The summed E-state index contributed by atoms with van der Waals surface area (Å²) in [4.78, 5) is 12.8. The van der Waals surface area contributed by atoms with E-state index in [0.717, 1.165) is 50.3 Å². The van der Waals surface area contributed by atoms with Gasteiger partial charge in [-0.3, -0.25) is 4.79 Å². The minimum absolute atomic E-state index is 0.100. The van der Waals surface area contributed by atoms with Crippen LogP contribution < -0.4 is 4.74 Å². The van der Waals surface area contributed by atoms with Gasteiger partial charge in [-0.05, 0) is 86.6 Å². The Bertz CT molecular complexity index is 1220. The largest absolute Gasteiger partial charge is 0.484 e. The van der Waals surface area contributed by atoms with Crippen LogP contribution in [0, 0.1) is 33.6 Å². The van der Waals surface area contributed by atoms with Gasteiger partial charge in [-0.25, -0.2) is 0 Å². The van der Waals surface area contributed by atoms with Crippen molar-refractivity contribution in [3.63, 3.8) is 0 Å². The summed E-state index contributed by atoms with van der Waals surface area (Å²) < 4.78 is 6.54. The Morgan fingerprint density at radius 3 is 2.00 bits per heavy atom. The number of hydrogen-bond acceptors (Lipinski definition) is 2. The second-order valence-corrected chi connectivity index (χ2v) is 10.1. The Balaban J connectivity index is 0.00000109. The van der Waals surface area contributed by atoms with Crippen molar-refractivity contribution in [3.05, 3.63) is 77.3 Å². The molecule has 2 aromatic carbocycles. The Hall–Kier alpha value is -1.74. The van der Waals surface area contributed by atoms with Crippen molar-refractivity contribution >= 4 is 46.2 Å². The molecule has 2 unspecified atom stereocenters. The minimum atomic E-state index is -0.395. The summed E-state index contributed by atoms with van der Waals surface area (Å²) in [5, 5.41) is 1.61. The zero-order valence-electron chi connectivity index (χ0n) is 23.5. The first-order chi connectivity index (χ1) is 17.0. The van der Waals surface area contributed by atoms with Gasteiger partial charge in [0.15, 0.2) is 5.78 Å². The predicted octanol–water partition coefficient (Wildman–Crippen LogP) is 10.2. The first-order valence-electron chi connectivity index (χ1n) is 12.9. The Morgan fingerprint density at radius 1 is 0.861 bits per heavy atom. The van der Waals surface area contributed by atoms with E-state index in [-0.39, 0.29) is 11.7 Å². The molecule has 2 aliphatic rings. The standard InChI is InChI=1S/C27H27Cl3O2.2C2H6/c1-8-17-22(28)15(6)20(24(30)23(17)29)21-18-9-11(2)13(4)14(5)26(18)32-27-16(7)25(31)12(3)10-19(21)27;2*1-2/h9-10,16,27H,8H2,1-7H3;2*1-2H3. The number of carbonyl (C=O) groups excluding carboxylic acids is 1. The molecule has 0 bridgehead atoms. The van der Waals surface area contributed by atoms with E-state index in [2.05, 4.69) is 26.8 Å². The highest BCUT2D eigenvalue weighted by Gasteiger charge is 2.40. The molecule has 1 heterocycles. The van der Waals surface area contributed by atoms with Crippen molar-refractivity contribution in [2.45, 2.75) is 88.7 Å². The number of benzene rings is 2. The zero-order chi connectivity index (χ0) is 27.6. The molecule has 2 nitrogen and oxygen atoms in total. The van der Waals surface area contributed by atoms with Crippen molar-refractivity contribution in [1.29, 1.82) is 0 Å². The Labute approximate surface area is 232 Å². The molecule has 0 amide bonds. The number of hydrogen-bond donors (Lipinski definition) is 0. The van der Waals surface area contributed by atoms with Crippen molar-refractivity contribution in [3.8, 4) is 5.75 Å². The van der Waals surface area contributed by atoms with Crippen molar-refractivity contribution in [2.75, 3.05) is 0 Å². The molecule has 36 heavy (non-hydrogen) atoms. The highest BCUT2D eigenvalue weighted by Crippen LogP contribution is 2.51. The number of ketones is 1. The van der Waals surface area contributed by atoms with Crippen LogP contribution in [0.5, 0.6) is 5.75 Å². The number of carbonyl (C=O) groups is 1. The first-order valence-corrected chi connectivity index (χ1v) is 14.0. The molecule has 0 N–H and O–H groups in total. The van der Waals surface area contributed by atoms with Gasteiger partial charge in [0, 0.05) is 27.3 Å². The Kier molecular flexibility index (Phi) is 10.3. The van der Waals surface area contributed by atoms with Crippen LogP contribution in [0.15, 0.2) is 23.3 Å². The maximum atomic E-state index is 12.8. The van der Waals surface area contributed by atoms with Crippen molar-refractivity contribution in [1.82, 2.24) is 0 Å².